The number of aliphatic hydroxyl groups is 1. The zero-order valence-electron chi connectivity index (χ0n) is 42.0. The number of methoxy groups -OCH3 is 3. The van der Waals surface area contributed by atoms with Crippen molar-refractivity contribution >= 4 is 52.0 Å². The number of carbonyl (C=O) groups excluding carboxylic acids is 4. The highest BCUT2D eigenvalue weighted by Crippen LogP contribution is 2.68. The van der Waals surface area contributed by atoms with Crippen LogP contribution in [0.1, 0.15) is 92.5 Å². The van der Waals surface area contributed by atoms with Crippen molar-refractivity contribution in [3.05, 3.63) is 99.7 Å². The Kier molecular flexibility index (Phi) is 12.3. The average molecular weight is 993 g/mol. The van der Waals surface area contributed by atoms with Crippen molar-refractivity contribution in [2.45, 2.75) is 106 Å². The van der Waals surface area contributed by atoms with Gasteiger partial charge in [-0.25, -0.2) is 4.79 Å². The minimum atomic E-state index is -2.34. The number of nitrogens with one attached hydrogen (secondary N) is 2. The molecule has 15 nitrogen and oxygen atoms in total. The predicted molar refractivity (Wildman–Crippen MR) is 268 cm³/mol. The lowest BCUT2D eigenvalue weighted by atomic mass is 9.47. The van der Waals surface area contributed by atoms with E-state index in [1.807, 2.05) is 62.2 Å². The molecule has 2 bridgehead atoms. The lowest BCUT2D eigenvalue weighted by Gasteiger charge is -2.63. The molecule has 1 aliphatic carbocycles. The van der Waals surface area contributed by atoms with Crippen molar-refractivity contribution in [1.29, 1.82) is 0 Å². The molecule has 10 atom stereocenters. The van der Waals surface area contributed by atoms with Crippen LogP contribution in [0.5, 0.6) is 11.5 Å². The fourth-order valence-corrected chi connectivity index (χ4v) is 15.2. The molecule has 16 heteroatoms. The van der Waals surface area contributed by atoms with Gasteiger partial charge in [0.25, 0.3) is 5.91 Å². The summed E-state index contributed by atoms with van der Waals surface area (Å²) in [6.07, 6.45) is 5.81. The molecule has 0 radical (unpaired) electrons. The third kappa shape index (κ3) is 6.99. The van der Waals surface area contributed by atoms with Gasteiger partial charge in [-0.05, 0) is 99.4 Å². The van der Waals surface area contributed by atoms with E-state index in [1.165, 1.54) is 21.1 Å². The molecule has 10 rings (SSSR count). The minimum Gasteiger partial charge on any atom is -0.496 e. The van der Waals surface area contributed by atoms with Crippen molar-refractivity contribution < 1.29 is 48.0 Å². The predicted octanol–water partition coefficient (Wildman–Crippen LogP) is 6.48. The number of esters is 3. The number of amides is 1. The average Bonchev–Trinajstić information content (AvgIpc) is 4.03. The Hall–Kier alpha value is -5.61. The first kappa shape index (κ1) is 49.0. The van der Waals surface area contributed by atoms with E-state index in [9.17, 15) is 19.5 Å². The highest BCUT2D eigenvalue weighted by molar-refractivity contribution is 6.32. The van der Waals surface area contributed by atoms with E-state index in [2.05, 4.69) is 39.2 Å². The van der Waals surface area contributed by atoms with E-state index in [0.717, 1.165) is 22.0 Å². The van der Waals surface area contributed by atoms with Crippen molar-refractivity contribution in [3.63, 3.8) is 0 Å². The number of halogens is 1. The van der Waals surface area contributed by atoms with Gasteiger partial charge in [0, 0.05) is 96.5 Å². The molecule has 1 amide bonds. The molecule has 4 aromatic rings. The van der Waals surface area contributed by atoms with Crippen molar-refractivity contribution in [1.82, 2.24) is 20.1 Å². The van der Waals surface area contributed by atoms with Gasteiger partial charge in [-0.15, -0.1) is 0 Å². The summed E-state index contributed by atoms with van der Waals surface area (Å²) in [5.74, 6) is -1.47. The first-order valence-electron chi connectivity index (χ1n) is 25.1. The van der Waals surface area contributed by atoms with E-state index in [-0.39, 0.29) is 24.3 Å². The van der Waals surface area contributed by atoms with Crippen LogP contribution < -0.4 is 19.7 Å². The number of rotatable bonds is 11. The van der Waals surface area contributed by atoms with Crippen LogP contribution in [0.2, 0.25) is 5.02 Å². The second-order valence-electron chi connectivity index (χ2n) is 20.8. The summed E-state index contributed by atoms with van der Waals surface area (Å²) in [5.41, 5.74) is -1.37. The van der Waals surface area contributed by atoms with E-state index >= 15 is 4.79 Å². The molecule has 3 N–H and O–H groups in total. The Morgan fingerprint density at radius 3 is 2.38 bits per heavy atom. The molecule has 1 unspecified atom stereocenters. The fourth-order valence-electron chi connectivity index (χ4n) is 14.9. The zero-order chi connectivity index (χ0) is 50.4. The molecule has 71 heavy (non-hydrogen) atoms. The van der Waals surface area contributed by atoms with Crippen molar-refractivity contribution in [3.8, 4) is 11.5 Å². The summed E-state index contributed by atoms with van der Waals surface area (Å²) in [5, 5.41) is 18.3. The van der Waals surface area contributed by atoms with Gasteiger partial charge in [-0.2, -0.15) is 0 Å². The number of carbonyl (C=O) groups is 4. The number of likely N-dealkylation sites (N-methyl/N-ethyl adjacent to an activating group) is 1. The van der Waals surface area contributed by atoms with Gasteiger partial charge in [-0.3, -0.25) is 19.3 Å². The Balaban J connectivity index is 1.19. The van der Waals surface area contributed by atoms with E-state index < -0.39 is 57.4 Å². The number of fused-ring (bicyclic) bond motifs is 6. The number of ether oxygens (including phenoxy) is 5. The smallest absolute Gasteiger partial charge is 0.344 e. The fraction of sp³-hybridized carbons (Fsp3) is 0.527. The quantitative estimate of drug-likeness (QED) is 0.0849. The zero-order valence-corrected chi connectivity index (χ0v) is 42.7. The number of benzene rings is 3. The molecular weight excluding hydrogens is 926 g/mol. The molecule has 2 saturated heterocycles. The van der Waals surface area contributed by atoms with Gasteiger partial charge in [-0.1, -0.05) is 55.8 Å². The first-order chi connectivity index (χ1) is 34.1. The number of H-pyrrole nitrogens is 1. The van der Waals surface area contributed by atoms with Crippen LogP contribution in [-0.4, -0.2) is 141 Å². The second-order valence-corrected chi connectivity index (χ2v) is 21.2. The molecular formula is C55H66ClN5O10. The van der Waals surface area contributed by atoms with Gasteiger partial charge in [0.15, 0.2) is 6.10 Å². The number of nitrogens with zero attached hydrogens (tertiary/aromatic N) is 3. The van der Waals surface area contributed by atoms with Crippen LogP contribution in [-0.2, 0) is 45.8 Å². The Morgan fingerprint density at radius 1 is 0.915 bits per heavy atom. The third-order valence-corrected chi connectivity index (χ3v) is 17.8. The lowest BCUT2D eigenvalue weighted by Crippen LogP contribution is -2.81. The summed E-state index contributed by atoms with van der Waals surface area (Å²) in [7, 11) is 6.13. The summed E-state index contributed by atoms with van der Waals surface area (Å²) < 4.78 is 29.9. The van der Waals surface area contributed by atoms with Gasteiger partial charge in [0.1, 0.15) is 16.9 Å². The number of hydrogen-bond donors (Lipinski definition) is 3. The summed E-state index contributed by atoms with van der Waals surface area (Å²) >= 11 is 6.61. The topological polar surface area (TPSA) is 172 Å². The largest absolute Gasteiger partial charge is 0.496 e. The monoisotopic (exact) mass is 991 g/mol. The van der Waals surface area contributed by atoms with Gasteiger partial charge < -0.3 is 48.9 Å². The maximum atomic E-state index is 15.8. The van der Waals surface area contributed by atoms with Crippen LogP contribution in [0.25, 0.3) is 10.9 Å². The number of aromatic amines is 1. The van der Waals surface area contributed by atoms with Crippen LogP contribution in [0.3, 0.4) is 0 Å². The SMILES string of the molecule is CCOc1ccc(C(=O)N[C@@]2(CC)C[C@H]3CN(CCc4c([nH]c5ccccc45)[C@@](C(=O)OC)(c4cc5c(cc4OC)N(C)[C@H]4[C@@](O)(C(=O)OC)[C@H](OC(C)=O)[C@]6(CC)C=CCN7CC[C@]54[C@@H]76)C3)C2)cc1Cl. The van der Waals surface area contributed by atoms with Gasteiger partial charge in [0.05, 0.1) is 44.5 Å². The second kappa shape index (κ2) is 17.9. The Morgan fingerprint density at radius 2 is 1.69 bits per heavy atom. The highest BCUT2D eigenvalue weighted by Gasteiger charge is 2.80. The van der Waals surface area contributed by atoms with E-state index in [1.54, 1.807) is 25.3 Å². The van der Waals surface area contributed by atoms with Gasteiger partial charge >= 0.3 is 17.9 Å². The molecule has 5 aliphatic heterocycles. The number of aromatic nitrogens is 1. The molecule has 3 aromatic carbocycles. The standard InChI is InChI=1S/C55H66ClN5O10/c1-9-51(58-45(63)34-17-18-42(70-11-3)39(56)25-34)28-33-29-54(49(64)68-7,44-36(19-23-60(30-33)31-51)35-15-12-13-16-40(35)57-44)38-26-37-41(27-43(38)67-6)59(5)47-53(37)21-24-61-22-14-20-52(10-2,46(53)61)48(71-32(4)62)55(47,66)50(65)69-8/h12-18,20,25-27,33,46-48,57,66H,9-11,19,21-24,28-31H2,1-8H3,(H,58,63)/t33-,46+,47-,48-,51+,52-,53-,54+,55+/m1/s1. The molecule has 3 fully saturated rings. The molecule has 378 valence electrons. The van der Waals surface area contributed by atoms with Crippen LogP contribution in [0, 0.1) is 11.3 Å². The Bertz CT molecular complexity index is 2850. The maximum Gasteiger partial charge on any atom is 0.344 e. The number of piperidine rings is 1. The van der Waals surface area contributed by atoms with Crippen molar-refractivity contribution in [2.75, 3.05) is 72.6 Å². The van der Waals surface area contributed by atoms with E-state index in [0.29, 0.717) is 110 Å². The number of para-hydroxylation sites is 1. The maximum absolute atomic E-state index is 15.8. The number of anilines is 1. The number of hydrogen-bond acceptors (Lipinski definition) is 13. The summed E-state index contributed by atoms with van der Waals surface area (Å²) in [6, 6.07) is 15.9. The Labute approximate surface area is 420 Å². The van der Waals surface area contributed by atoms with E-state index in [4.69, 9.17) is 35.3 Å². The molecule has 1 saturated carbocycles. The highest BCUT2D eigenvalue weighted by atomic mass is 35.5. The van der Waals surface area contributed by atoms with Crippen LogP contribution >= 0.6 is 11.6 Å². The van der Waals surface area contributed by atoms with Gasteiger partial charge in [0.2, 0.25) is 5.60 Å². The molecule has 6 aliphatic rings. The molecule has 6 heterocycles. The van der Waals surface area contributed by atoms with Crippen molar-refractivity contribution in [2.24, 2.45) is 11.3 Å². The molecule has 1 aromatic heterocycles. The first-order valence-corrected chi connectivity index (χ1v) is 25.4. The summed E-state index contributed by atoms with van der Waals surface area (Å²) in [4.78, 5) is 68.4. The van der Waals surface area contributed by atoms with Crippen LogP contribution in [0.4, 0.5) is 5.69 Å². The normalized spacial score (nSPS) is 32.5. The third-order valence-electron chi connectivity index (χ3n) is 17.5. The lowest BCUT2D eigenvalue weighted by molar-refractivity contribution is -0.228. The van der Waals surface area contributed by atoms with Crippen LogP contribution in [0.15, 0.2) is 66.7 Å². The molecule has 1 spiro atoms. The summed E-state index contributed by atoms with van der Waals surface area (Å²) in [6.45, 7) is 10.9. The minimum absolute atomic E-state index is 0.169.